The fourth-order valence-corrected chi connectivity index (χ4v) is 5.04. The Morgan fingerprint density at radius 3 is 1.21 bits per heavy atom. The molecule has 0 aromatic heterocycles. The van der Waals surface area contributed by atoms with E-state index in [2.05, 4.69) is 13.8 Å². The minimum absolute atomic E-state index is 0.368. The Bertz CT molecular complexity index is 436. The summed E-state index contributed by atoms with van der Waals surface area (Å²) in [5, 5.41) is 9.27. The lowest BCUT2D eigenvalue weighted by molar-refractivity contribution is 0.146. The summed E-state index contributed by atoms with van der Waals surface area (Å²) < 4.78 is 32.9. The van der Waals surface area contributed by atoms with Crippen LogP contribution in [0.2, 0.25) is 0 Å². The van der Waals surface area contributed by atoms with Gasteiger partial charge in [0.05, 0.1) is 6.10 Å². The zero-order valence-corrected chi connectivity index (χ0v) is 20.2. The lowest BCUT2D eigenvalue weighted by atomic mass is 10.0. The zero-order valence-electron chi connectivity index (χ0n) is 19.4. The molecule has 2 atom stereocenters. The maximum Gasteiger partial charge on any atom is 0.270 e. The molecule has 29 heavy (non-hydrogen) atoms. The van der Waals surface area contributed by atoms with E-state index in [9.17, 15) is 18.1 Å². The Morgan fingerprint density at radius 1 is 0.552 bits per heavy atom. The smallest absolute Gasteiger partial charge is 0.270 e. The van der Waals surface area contributed by atoms with Crippen LogP contribution in [0.15, 0.2) is 0 Å². The Kier molecular flexibility index (Phi) is 19.7. The van der Waals surface area contributed by atoms with Crippen molar-refractivity contribution >= 4 is 10.1 Å². The lowest BCUT2D eigenvalue weighted by Gasteiger charge is -2.20. The third-order valence-electron chi connectivity index (χ3n) is 6.01. The Balaban J connectivity index is 3.79. The van der Waals surface area contributed by atoms with Gasteiger partial charge >= 0.3 is 0 Å². The average molecular weight is 435 g/mol. The fraction of sp³-hybridized carbons (Fsp3) is 1.00. The molecule has 0 amide bonds. The van der Waals surface area contributed by atoms with Gasteiger partial charge < -0.3 is 5.11 Å². The van der Waals surface area contributed by atoms with Gasteiger partial charge in [-0.1, -0.05) is 129 Å². The normalized spacial score (nSPS) is 14.2. The first-order valence-corrected chi connectivity index (χ1v) is 14.1. The molecule has 176 valence electrons. The van der Waals surface area contributed by atoms with E-state index in [1.165, 1.54) is 77.0 Å². The first kappa shape index (κ1) is 28.9. The van der Waals surface area contributed by atoms with Gasteiger partial charge in [-0.25, -0.2) is 0 Å². The second-order valence-corrected chi connectivity index (χ2v) is 10.5. The van der Waals surface area contributed by atoms with Crippen LogP contribution in [0.25, 0.3) is 0 Å². The highest BCUT2D eigenvalue weighted by atomic mass is 32.2. The van der Waals surface area contributed by atoms with E-state index in [1.54, 1.807) is 0 Å². The molecule has 0 aliphatic rings. The number of aliphatic hydroxyl groups excluding tert-OH is 1. The van der Waals surface area contributed by atoms with Gasteiger partial charge in [-0.2, -0.15) is 8.42 Å². The van der Waals surface area contributed by atoms with Crippen LogP contribution in [0.3, 0.4) is 0 Å². The number of unbranched alkanes of at least 4 members (excludes halogenated alkanes) is 16. The van der Waals surface area contributed by atoms with Crippen LogP contribution in [0.1, 0.15) is 142 Å². The van der Waals surface area contributed by atoms with E-state index in [-0.39, 0.29) is 0 Å². The first-order chi connectivity index (χ1) is 13.9. The Labute approximate surface area is 182 Å². The van der Waals surface area contributed by atoms with Crippen molar-refractivity contribution in [2.75, 3.05) is 0 Å². The van der Waals surface area contributed by atoms with Crippen molar-refractivity contribution in [2.24, 2.45) is 0 Å². The summed E-state index contributed by atoms with van der Waals surface area (Å²) >= 11 is 0. The molecule has 0 saturated heterocycles. The van der Waals surface area contributed by atoms with Gasteiger partial charge in [0.15, 0.2) is 0 Å². The molecule has 0 fully saturated rings. The second-order valence-electron chi connectivity index (χ2n) is 8.85. The van der Waals surface area contributed by atoms with E-state index in [0.717, 1.165) is 38.5 Å². The molecule has 4 nitrogen and oxygen atoms in total. The Hall–Kier alpha value is -0.130. The molecule has 0 spiro atoms. The molecule has 0 aromatic carbocycles. The second kappa shape index (κ2) is 19.8. The van der Waals surface area contributed by atoms with Crippen molar-refractivity contribution in [3.05, 3.63) is 0 Å². The maximum atomic E-state index is 11.7. The van der Waals surface area contributed by atoms with Crippen LogP contribution in [0.4, 0.5) is 0 Å². The van der Waals surface area contributed by atoms with E-state index < -0.39 is 21.5 Å². The molecule has 2 unspecified atom stereocenters. The number of aliphatic hydroxyl groups is 1. The minimum Gasteiger partial charge on any atom is -0.392 e. The predicted molar refractivity (Wildman–Crippen MR) is 125 cm³/mol. The standard InChI is InChI=1S/C24H50O4S/c1-3-5-7-9-11-12-13-14-15-16-18-20-22-24(29(26,27)28)23(25)21-19-17-10-8-6-4-2/h23-25H,3-22H2,1-2H3,(H,26,27,28). The molecule has 0 heterocycles. The van der Waals surface area contributed by atoms with Crippen molar-refractivity contribution in [1.82, 2.24) is 0 Å². The van der Waals surface area contributed by atoms with Crippen LogP contribution in [-0.2, 0) is 10.1 Å². The van der Waals surface area contributed by atoms with Crippen LogP contribution in [0.5, 0.6) is 0 Å². The topological polar surface area (TPSA) is 74.6 Å². The van der Waals surface area contributed by atoms with E-state index in [0.29, 0.717) is 12.8 Å². The number of rotatable bonds is 22. The fourth-order valence-electron chi connectivity index (χ4n) is 4.05. The van der Waals surface area contributed by atoms with Crippen molar-refractivity contribution in [1.29, 1.82) is 0 Å². The SMILES string of the molecule is CCCCCCCCCCCCCCC(C(O)CCCCCCCC)S(=O)(=O)O. The van der Waals surface area contributed by atoms with Crippen LogP contribution >= 0.6 is 0 Å². The summed E-state index contributed by atoms with van der Waals surface area (Å²) in [4.78, 5) is 0. The molecular formula is C24H50O4S. The summed E-state index contributed by atoms with van der Waals surface area (Å²) in [6.07, 6.45) is 21.2. The lowest BCUT2D eigenvalue weighted by Crippen LogP contribution is -2.33. The molecule has 0 radical (unpaired) electrons. The monoisotopic (exact) mass is 434 g/mol. The Morgan fingerprint density at radius 2 is 0.862 bits per heavy atom. The van der Waals surface area contributed by atoms with Gasteiger partial charge in [-0.05, 0) is 12.8 Å². The van der Waals surface area contributed by atoms with Crippen LogP contribution in [0, 0.1) is 0 Å². The molecule has 0 bridgehead atoms. The largest absolute Gasteiger partial charge is 0.392 e. The van der Waals surface area contributed by atoms with Gasteiger partial charge in [0.2, 0.25) is 0 Å². The van der Waals surface area contributed by atoms with E-state index >= 15 is 0 Å². The van der Waals surface area contributed by atoms with Gasteiger partial charge in [-0.15, -0.1) is 0 Å². The molecular weight excluding hydrogens is 384 g/mol. The van der Waals surface area contributed by atoms with Crippen molar-refractivity contribution in [3.8, 4) is 0 Å². The number of hydrogen-bond donors (Lipinski definition) is 2. The third kappa shape index (κ3) is 18.4. The summed E-state index contributed by atoms with van der Waals surface area (Å²) in [6, 6.07) is 0. The predicted octanol–water partition coefficient (Wildman–Crippen LogP) is 7.45. The molecule has 0 aliphatic heterocycles. The van der Waals surface area contributed by atoms with Crippen molar-refractivity contribution in [3.63, 3.8) is 0 Å². The molecule has 5 heteroatoms. The van der Waals surface area contributed by atoms with Crippen molar-refractivity contribution in [2.45, 2.75) is 154 Å². The molecule has 0 saturated carbocycles. The summed E-state index contributed by atoms with van der Waals surface area (Å²) in [5.74, 6) is 0. The van der Waals surface area contributed by atoms with E-state index in [1.807, 2.05) is 0 Å². The van der Waals surface area contributed by atoms with Gasteiger partial charge in [0.1, 0.15) is 5.25 Å². The zero-order chi connectivity index (χ0) is 21.8. The maximum absolute atomic E-state index is 11.7. The summed E-state index contributed by atoms with van der Waals surface area (Å²) in [7, 11) is -4.18. The molecule has 0 aromatic rings. The van der Waals surface area contributed by atoms with Crippen LogP contribution in [-0.4, -0.2) is 29.4 Å². The highest BCUT2D eigenvalue weighted by Crippen LogP contribution is 2.20. The van der Waals surface area contributed by atoms with E-state index in [4.69, 9.17) is 0 Å². The third-order valence-corrected chi connectivity index (χ3v) is 7.32. The molecule has 0 aliphatic carbocycles. The van der Waals surface area contributed by atoms with Gasteiger partial charge in [0, 0.05) is 0 Å². The highest BCUT2D eigenvalue weighted by Gasteiger charge is 2.29. The molecule has 0 rings (SSSR count). The highest BCUT2D eigenvalue weighted by molar-refractivity contribution is 7.86. The summed E-state index contributed by atoms with van der Waals surface area (Å²) in [6.45, 7) is 4.42. The summed E-state index contributed by atoms with van der Waals surface area (Å²) in [5.41, 5.74) is 0. The van der Waals surface area contributed by atoms with Gasteiger partial charge in [-0.3, -0.25) is 4.55 Å². The molecule has 2 N–H and O–H groups in total. The van der Waals surface area contributed by atoms with Gasteiger partial charge in [0.25, 0.3) is 10.1 Å². The van der Waals surface area contributed by atoms with Crippen LogP contribution < -0.4 is 0 Å². The average Bonchev–Trinajstić information content (AvgIpc) is 2.67. The first-order valence-electron chi connectivity index (χ1n) is 12.6. The number of hydrogen-bond acceptors (Lipinski definition) is 3. The minimum atomic E-state index is -4.18. The quantitative estimate of drug-likeness (QED) is 0.137. The van der Waals surface area contributed by atoms with Crippen molar-refractivity contribution < 1.29 is 18.1 Å².